The summed E-state index contributed by atoms with van der Waals surface area (Å²) in [6.07, 6.45) is 0.213. The summed E-state index contributed by atoms with van der Waals surface area (Å²) in [7, 11) is 2.14. The summed E-state index contributed by atoms with van der Waals surface area (Å²) in [5, 5.41) is 12.4. The van der Waals surface area contributed by atoms with Crippen LogP contribution in [0.4, 0.5) is 4.79 Å². The summed E-state index contributed by atoms with van der Waals surface area (Å²) in [4.78, 5) is 14.3. The number of hydrogen-bond acceptors (Lipinski definition) is 6. The van der Waals surface area contributed by atoms with Crippen LogP contribution in [-0.4, -0.2) is 42.4 Å². The highest BCUT2D eigenvalue weighted by molar-refractivity contribution is 5.70. The van der Waals surface area contributed by atoms with Gasteiger partial charge in [0.05, 0.1) is 18.8 Å². The first-order chi connectivity index (χ1) is 22.4. The van der Waals surface area contributed by atoms with Crippen LogP contribution in [0.15, 0.2) is 116 Å². The van der Waals surface area contributed by atoms with Gasteiger partial charge in [0.1, 0.15) is 6.61 Å². The molecule has 0 saturated carbocycles. The van der Waals surface area contributed by atoms with Crippen LogP contribution in [0.3, 0.4) is 0 Å². The average Bonchev–Trinajstić information content (AvgIpc) is 3.11. The topological polar surface area (TPSA) is 80.3 Å². The minimum atomic E-state index is -0.560. The van der Waals surface area contributed by atoms with Gasteiger partial charge < -0.3 is 24.6 Å². The third kappa shape index (κ3) is 8.11. The van der Waals surface area contributed by atoms with Crippen molar-refractivity contribution in [1.82, 2.24) is 10.2 Å². The Hall–Kier alpha value is -4.27. The number of carbonyl (C=O) groups excluding carboxylic acids is 1. The second-order valence-corrected chi connectivity index (χ2v) is 11.9. The summed E-state index contributed by atoms with van der Waals surface area (Å²) in [6.45, 7) is 9.23. The number of nitrogens with one attached hydrogen (secondary N) is 1. The van der Waals surface area contributed by atoms with Crippen LogP contribution in [0.25, 0.3) is 11.1 Å². The second kappa shape index (κ2) is 15.8. The number of rotatable bonds is 12. The molecule has 1 heterocycles. The molecule has 0 bridgehead atoms. The fourth-order valence-electron chi connectivity index (χ4n) is 5.89. The third-order valence-corrected chi connectivity index (χ3v) is 8.80. The monoisotopic (exact) mass is 620 g/mol. The Kier molecular flexibility index (Phi) is 11.4. The van der Waals surface area contributed by atoms with Crippen LogP contribution in [0.5, 0.6) is 0 Å². The van der Waals surface area contributed by atoms with Crippen molar-refractivity contribution in [3.8, 4) is 11.1 Å². The second-order valence-electron chi connectivity index (χ2n) is 11.9. The molecule has 7 heteroatoms. The van der Waals surface area contributed by atoms with E-state index in [0.29, 0.717) is 6.54 Å². The number of alkyl carbamates (subject to hydrolysis) is 1. The van der Waals surface area contributed by atoms with E-state index >= 15 is 0 Å². The van der Waals surface area contributed by atoms with Crippen LogP contribution >= 0.6 is 0 Å². The molecule has 0 aromatic heterocycles. The third-order valence-electron chi connectivity index (χ3n) is 8.80. The Balaban J connectivity index is 1.37. The first-order valence-electron chi connectivity index (χ1n) is 15.8. The van der Waals surface area contributed by atoms with Gasteiger partial charge in [-0.1, -0.05) is 123 Å². The lowest BCUT2D eigenvalue weighted by molar-refractivity contribution is -0.276. The smallest absolute Gasteiger partial charge is 0.407 e. The number of amides is 1. The number of carbonyl (C=O) groups is 1. The molecule has 1 aliphatic rings. The Labute approximate surface area is 272 Å². The maximum absolute atomic E-state index is 12.0. The lowest BCUT2D eigenvalue weighted by Crippen LogP contribution is -2.44. The van der Waals surface area contributed by atoms with Gasteiger partial charge in [0.15, 0.2) is 6.29 Å². The number of aliphatic hydroxyl groups excluding tert-OH is 1. The van der Waals surface area contributed by atoms with Gasteiger partial charge in [0.2, 0.25) is 0 Å². The average molecular weight is 621 g/mol. The molecular formula is C39H44N2O5. The lowest BCUT2D eigenvalue weighted by Gasteiger charge is -2.43. The molecule has 5 atom stereocenters. The van der Waals surface area contributed by atoms with Gasteiger partial charge in [-0.2, -0.15) is 0 Å². The van der Waals surface area contributed by atoms with Crippen LogP contribution < -0.4 is 5.32 Å². The van der Waals surface area contributed by atoms with Crippen LogP contribution in [0, 0.1) is 5.92 Å². The van der Waals surface area contributed by atoms with Crippen molar-refractivity contribution in [2.75, 3.05) is 20.2 Å². The highest BCUT2D eigenvalue weighted by atomic mass is 16.7. The molecule has 0 aliphatic carbocycles. The van der Waals surface area contributed by atoms with Crippen molar-refractivity contribution in [3.63, 3.8) is 0 Å². The summed E-state index contributed by atoms with van der Waals surface area (Å²) >= 11 is 0. The van der Waals surface area contributed by atoms with E-state index in [4.69, 9.17) is 14.2 Å². The van der Waals surface area contributed by atoms with Gasteiger partial charge in [-0.05, 0) is 47.4 Å². The number of aliphatic hydroxyl groups is 1. The highest BCUT2D eigenvalue weighted by Crippen LogP contribution is 2.42. The molecular weight excluding hydrogens is 576 g/mol. The molecule has 240 valence electrons. The molecule has 5 rings (SSSR count). The van der Waals surface area contributed by atoms with E-state index in [0.717, 1.165) is 39.9 Å². The maximum atomic E-state index is 12.0. The molecule has 46 heavy (non-hydrogen) atoms. The van der Waals surface area contributed by atoms with Gasteiger partial charge >= 0.3 is 6.09 Å². The molecule has 0 radical (unpaired) electrons. The molecule has 1 amide bonds. The molecule has 7 nitrogen and oxygen atoms in total. The molecule has 2 N–H and O–H groups in total. The first kappa shape index (κ1) is 33.1. The van der Waals surface area contributed by atoms with Gasteiger partial charge in [0.25, 0.3) is 0 Å². The van der Waals surface area contributed by atoms with Crippen LogP contribution in [0.1, 0.15) is 60.1 Å². The van der Waals surface area contributed by atoms with Gasteiger partial charge in [-0.15, -0.1) is 0 Å². The predicted octanol–water partition coefficient (Wildman–Crippen LogP) is 7.74. The summed E-state index contributed by atoms with van der Waals surface area (Å²) in [5.41, 5.74) is 7.14. The lowest BCUT2D eigenvalue weighted by atomic mass is 9.89. The van der Waals surface area contributed by atoms with E-state index in [-0.39, 0.29) is 37.4 Å². The number of nitrogens with zero attached hydrogens (tertiary/aromatic N) is 1. The Morgan fingerprint density at radius 2 is 1.63 bits per heavy atom. The van der Waals surface area contributed by atoms with E-state index in [1.807, 2.05) is 54.6 Å². The predicted molar refractivity (Wildman–Crippen MR) is 181 cm³/mol. The molecule has 1 saturated heterocycles. The standard InChI is InChI=1S/C39H44N2O5/c1-5-23-44-39(43)40-24-34-13-9-10-14-35(34)31-19-21-33(22-20-31)38-45-36(25-41(4)28(3)30-11-7-6-8-12-30)27(2)37(46-38)32-17-15-29(26-42)16-18-32/h5-22,27-28,36-38,42H,1,23-26H2,2-4H3,(H,40,43). The number of benzene rings is 4. The fourth-order valence-corrected chi connectivity index (χ4v) is 5.89. The number of hydrogen-bond donors (Lipinski definition) is 2. The normalized spacial score (nSPS) is 20.2. The zero-order chi connectivity index (χ0) is 32.5. The molecule has 5 unspecified atom stereocenters. The van der Waals surface area contributed by atoms with E-state index in [2.05, 4.69) is 86.2 Å². The van der Waals surface area contributed by atoms with Crippen molar-refractivity contribution >= 4 is 6.09 Å². The quantitative estimate of drug-likeness (QED) is 0.158. The summed E-state index contributed by atoms with van der Waals surface area (Å²) in [6, 6.07) is 35.0. The van der Waals surface area contributed by atoms with E-state index in [1.54, 1.807) is 0 Å². The zero-order valence-corrected chi connectivity index (χ0v) is 26.8. The van der Waals surface area contributed by atoms with Gasteiger partial charge in [0, 0.05) is 30.6 Å². The Morgan fingerprint density at radius 3 is 2.33 bits per heavy atom. The molecule has 4 aromatic carbocycles. The molecule has 0 spiro atoms. The zero-order valence-electron chi connectivity index (χ0n) is 26.8. The van der Waals surface area contributed by atoms with Crippen molar-refractivity contribution in [2.24, 2.45) is 5.92 Å². The highest BCUT2D eigenvalue weighted by Gasteiger charge is 2.39. The Morgan fingerprint density at radius 1 is 0.957 bits per heavy atom. The van der Waals surface area contributed by atoms with E-state index < -0.39 is 12.4 Å². The Bertz CT molecular complexity index is 1560. The van der Waals surface area contributed by atoms with Gasteiger partial charge in [-0.25, -0.2) is 4.79 Å². The number of ether oxygens (including phenoxy) is 3. The van der Waals surface area contributed by atoms with Crippen molar-refractivity contribution in [2.45, 2.75) is 51.5 Å². The van der Waals surface area contributed by atoms with Crippen molar-refractivity contribution < 1.29 is 24.1 Å². The molecule has 4 aromatic rings. The SMILES string of the molecule is C=CCOC(=O)NCc1ccccc1-c1ccc(C2OC(CN(C)C(C)c3ccccc3)C(C)C(c3ccc(CO)cc3)O2)cc1. The summed E-state index contributed by atoms with van der Waals surface area (Å²) in [5.74, 6) is 0.0819. The van der Waals surface area contributed by atoms with Crippen LogP contribution in [0.2, 0.25) is 0 Å². The van der Waals surface area contributed by atoms with Crippen molar-refractivity contribution in [1.29, 1.82) is 0 Å². The fraction of sp³-hybridized carbons (Fsp3) is 0.308. The number of likely N-dealkylation sites (N-methyl/N-ethyl adjacent to an activating group) is 1. The molecule has 1 fully saturated rings. The van der Waals surface area contributed by atoms with Crippen molar-refractivity contribution in [3.05, 3.63) is 144 Å². The largest absolute Gasteiger partial charge is 0.445 e. The van der Waals surface area contributed by atoms with Crippen LogP contribution in [-0.2, 0) is 27.4 Å². The summed E-state index contributed by atoms with van der Waals surface area (Å²) < 4.78 is 18.5. The van der Waals surface area contributed by atoms with E-state index in [9.17, 15) is 9.90 Å². The first-order valence-corrected chi connectivity index (χ1v) is 15.8. The minimum Gasteiger partial charge on any atom is -0.445 e. The van der Waals surface area contributed by atoms with E-state index in [1.165, 1.54) is 11.6 Å². The molecule has 1 aliphatic heterocycles. The minimum absolute atomic E-state index is 0.00280. The maximum Gasteiger partial charge on any atom is 0.407 e. The van der Waals surface area contributed by atoms with Gasteiger partial charge in [-0.3, -0.25) is 4.90 Å².